The summed E-state index contributed by atoms with van der Waals surface area (Å²) in [6.45, 7) is 2.47. The predicted octanol–water partition coefficient (Wildman–Crippen LogP) is 4.02. The van der Waals surface area contributed by atoms with Gasteiger partial charge in [-0.2, -0.15) is 0 Å². The van der Waals surface area contributed by atoms with E-state index in [0.29, 0.717) is 13.0 Å². The summed E-state index contributed by atoms with van der Waals surface area (Å²) in [7, 11) is -3.13. The van der Waals surface area contributed by atoms with Gasteiger partial charge in [0.1, 0.15) is 0 Å². The molecule has 2 aromatic heterocycles. The van der Waals surface area contributed by atoms with Crippen molar-refractivity contribution in [2.45, 2.75) is 13.3 Å². The van der Waals surface area contributed by atoms with E-state index in [-0.39, 0.29) is 0 Å². The number of aryl methyl sites for hydroxylation is 1. The van der Waals surface area contributed by atoms with Crippen LogP contribution in [0.4, 0.5) is 10.8 Å². The number of hydrogen-bond acceptors (Lipinski definition) is 6. The fourth-order valence-electron chi connectivity index (χ4n) is 2.21. The van der Waals surface area contributed by atoms with Gasteiger partial charge in [-0.15, -0.1) is 22.7 Å². The molecule has 0 aliphatic carbocycles. The van der Waals surface area contributed by atoms with Crippen molar-refractivity contribution in [3.63, 3.8) is 0 Å². The highest BCUT2D eigenvalue weighted by atomic mass is 32.2. The molecular formula is C17H19N3O2S3. The molecule has 0 spiro atoms. The third kappa shape index (κ3) is 5.37. The molecule has 0 radical (unpaired) electrons. The second kappa shape index (κ2) is 7.65. The molecule has 0 aliphatic rings. The smallest absolute Gasteiger partial charge is 0.208 e. The molecule has 0 bridgehead atoms. The van der Waals surface area contributed by atoms with E-state index in [1.807, 2.05) is 29.6 Å². The number of thiazole rings is 1. The zero-order valence-electron chi connectivity index (χ0n) is 13.9. The molecule has 2 N–H and O–H groups in total. The minimum Gasteiger partial charge on any atom is -0.332 e. The van der Waals surface area contributed by atoms with Crippen LogP contribution in [0.25, 0.3) is 10.6 Å². The summed E-state index contributed by atoms with van der Waals surface area (Å²) in [4.78, 5) is 6.85. The van der Waals surface area contributed by atoms with Gasteiger partial charge in [-0.3, -0.25) is 0 Å². The Labute approximate surface area is 155 Å². The van der Waals surface area contributed by atoms with Gasteiger partial charge in [0.05, 0.1) is 16.8 Å². The van der Waals surface area contributed by atoms with E-state index in [1.54, 1.807) is 22.7 Å². The Bertz CT molecular complexity index is 944. The molecule has 8 heteroatoms. The lowest BCUT2D eigenvalue weighted by atomic mass is 10.2. The third-order valence-corrected chi connectivity index (χ3v) is 6.11. The maximum Gasteiger partial charge on any atom is 0.208 e. The molecule has 0 atom stereocenters. The lowest BCUT2D eigenvalue weighted by Crippen LogP contribution is -2.23. The van der Waals surface area contributed by atoms with Crippen LogP contribution in [0.15, 0.2) is 41.8 Å². The maximum absolute atomic E-state index is 11.1. The average Bonchev–Trinajstić information content (AvgIpc) is 3.17. The van der Waals surface area contributed by atoms with Crippen molar-refractivity contribution in [1.82, 2.24) is 9.71 Å². The number of aromatic nitrogens is 1. The minimum atomic E-state index is -3.13. The highest BCUT2D eigenvalue weighted by Crippen LogP contribution is 2.32. The first-order valence-corrected chi connectivity index (χ1v) is 11.3. The lowest BCUT2D eigenvalue weighted by Gasteiger charge is -2.02. The number of nitrogens with zero attached hydrogens (tertiary/aromatic N) is 1. The molecule has 1 aromatic carbocycles. The number of thiophene rings is 1. The van der Waals surface area contributed by atoms with Gasteiger partial charge in [0.25, 0.3) is 0 Å². The SMILES string of the molecule is Cc1ccc(Nc2nc(-c3ccc(CCNS(C)(=O)=O)s3)cs2)cc1. The average molecular weight is 394 g/mol. The molecule has 0 saturated heterocycles. The van der Waals surface area contributed by atoms with Crippen LogP contribution in [0.2, 0.25) is 0 Å². The van der Waals surface area contributed by atoms with Crippen LogP contribution in [-0.2, 0) is 16.4 Å². The Morgan fingerprint density at radius 3 is 2.60 bits per heavy atom. The first-order valence-electron chi connectivity index (χ1n) is 7.72. The molecule has 0 fully saturated rings. The van der Waals surface area contributed by atoms with Crippen LogP contribution in [0.3, 0.4) is 0 Å². The molecule has 132 valence electrons. The first-order chi connectivity index (χ1) is 11.9. The monoisotopic (exact) mass is 393 g/mol. The molecule has 0 saturated carbocycles. The number of rotatable bonds is 7. The topological polar surface area (TPSA) is 71.1 Å². The van der Waals surface area contributed by atoms with Gasteiger partial charge in [-0.05, 0) is 37.6 Å². The van der Waals surface area contributed by atoms with Gasteiger partial charge in [-0.1, -0.05) is 17.7 Å². The third-order valence-electron chi connectivity index (χ3n) is 3.46. The van der Waals surface area contributed by atoms with Crippen LogP contribution in [0.1, 0.15) is 10.4 Å². The van der Waals surface area contributed by atoms with E-state index in [1.165, 1.54) is 11.8 Å². The standard InChI is InChI=1S/C17H19N3O2S3/c1-12-3-5-13(6-4-12)19-17-20-15(11-23-17)16-8-7-14(24-16)9-10-18-25(2,21)22/h3-8,11,18H,9-10H2,1-2H3,(H,19,20). The summed E-state index contributed by atoms with van der Waals surface area (Å²) in [5, 5.41) is 6.20. The Balaban J connectivity index is 1.63. The summed E-state index contributed by atoms with van der Waals surface area (Å²) >= 11 is 3.21. The summed E-state index contributed by atoms with van der Waals surface area (Å²) in [5.74, 6) is 0. The normalized spacial score (nSPS) is 11.6. The lowest BCUT2D eigenvalue weighted by molar-refractivity contribution is 0.588. The van der Waals surface area contributed by atoms with E-state index in [4.69, 9.17) is 0 Å². The van der Waals surface area contributed by atoms with Gasteiger partial charge in [0.2, 0.25) is 10.0 Å². The fourth-order valence-corrected chi connectivity index (χ4v) is 4.46. The van der Waals surface area contributed by atoms with E-state index >= 15 is 0 Å². The fraction of sp³-hybridized carbons (Fsp3) is 0.235. The number of nitrogens with one attached hydrogen (secondary N) is 2. The molecule has 0 unspecified atom stereocenters. The minimum absolute atomic E-state index is 0.413. The maximum atomic E-state index is 11.1. The quantitative estimate of drug-likeness (QED) is 0.636. The van der Waals surface area contributed by atoms with Crippen LogP contribution in [-0.4, -0.2) is 26.2 Å². The van der Waals surface area contributed by atoms with Gasteiger partial charge < -0.3 is 5.32 Å². The second-order valence-electron chi connectivity index (χ2n) is 5.71. The molecule has 0 aliphatic heterocycles. The van der Waals surface area contributed by atoms with Crippen molar-refractivity contribution in [3.8, 4) is 10.6 Å². The van der Waals surface area contributed by atoms with E-state index < -0.39 is 10.0 Å². The second-order valence-corrected chi connectivity index (χ2v) is 9.57. The van der Waals surface area contributed by atoms with Crippen LogP contribution < -0.4 is 10.0 Å². The zero-order chi connectivity index (χ0) is 17.9. The Morgan fingerprint density at radius 2 is 1.88 bits per heavy atom. The van der Waals surface area contributed by atoms with Crippen molar-refractivity contribution >= 4 is 43.5 Å². The molecular weight excluding hydrogens is 374 g/mol. The van der Waals surface area contributed by atoms with E-state index in [0.717, 1.165) is 26.3 Å². The van der Waals surface area contributed by atoms with Crippen LogP contribution >= 0.6 is 22.7 Å². The largest absolute Gasteiger partial charge is 0.332 e. The van der Waals surface area contributed by atoms with Gasteiger partial charge in [0, 0.05) is 22.5 Å². The summed E-state index contributed by atoms with van der Waals surface area (Å²) < 4.78 is 24.7. The number of benzene rings is 1. The van der Waals surface area contributed by atoms with Crippen molar-refractivity contribution in [1.29, 1.82) is 0 Å². The number of sulfonamides is 1. The Hall–Kier alpha value is -1.74. The van der Waals surface area contributed by atoms with Crippen molar-refractivity contribution in [3.05, 3.63) is 52.2 Å². The van der Waals surface area contributed by atoms with Gasteiger partial charge in [0.15, 0.2) is 5.13 Å². The Kier molecular flexibility index (Phi) is 5.53. The number of hydrogen-bond donors (Lipinski definition) is 2. The molecule has 3 aromatic rings. The Morgan fingerprint density at radius 1 is 1.12 bits per heavy atom. The van der Waals surface area contributed by atoms with Gasteiger partial charge in [-0.25, -0.2) is 18.1 Å². The molecule has 25 heavy (non-hydrogen) atoms. The zero-order valence-corrected chi connectivity index (χ0v) is 16.4. The van der Waals surface area contributed by atoms with Crippen LogP contribution in [0.5, 0.6) is 0 Å². The number of anilines is 2. The highest BCUT2D eigenvalue weighted by molar-refractivity contribution is 7.88. The molecule has 0 amide bonds. The first kappa shape index (κ1) is 18.1. The van der Waals surface area contributed by atoms with E-state index in [2.05, 4.69) is 34.1 Å². The van der Waals surface area contributed by atoms with Crippen molar-refractivity contribution in [2.24, 2.45) is 0 Å². The summed E-state index contributed by atoms with van der Waals surface area (Å²) in [6.07, 6.45) is 1.85. The van der Waals surface area contributed by atoms with Crippen molar-refractivity contribution < 1.29 is 8.42 Å². The predicted molar refractivity (Wildman–Crippen MR) is 106 cm³/mol. The summed E-state index contributed by atoms with van der Waals surface area (Å²) in [6, 6.07) is 12.3. The van der Waals surface area contributed by atoms with Crippen LogP contribution in [0, 0.1) is 6.92 Å². The molecule has 3 rings (SSSR count). The molecule has 5 nitrogen and oxygen atoms in total. The van der Waals surface area contributed by atoms with E-state index in [9.17, 15) is 8.42 Å². The highest BCUT2D eigenvalue weighted by Gasteiger charge is 2.09. The summed E-state index contributed by atoms with van der Waals surface area (Å²) in [5.41, 5.74) is 3.18. The molecule has 2 heterocycles. The van der Waals surface area contributed by atoms with Gasteiger partial charge >= 0.3 is 0 Å². The van der Waals surface area contributed by atoms with Crippen molar-refractivity contribution in [2.75, 3.05) is 18.1 Å².